The van der Waals surface area contributed by atoms with Crippen molar-refractivity contribution in [3.05, 3.63) is 55.9 Å². The lowest BCUT2D eigenvalue weighted by Gasteiger charge is -2.29. The molecule has 5 aliphatic rings. The van der Waals surface area contributed by atoms with Gasteiger partial charge in [-0.1, -0.05) is 17.3 Å². The maximum atomic E-state index is 13.8. The molecule has 2 aromatic rings. The molecule has 10 heteroatoms. The minimum Gasteiger partial charge on any atom is -0.391 e. The predicted molar refractivity (Wildman–Crippen MR) is 125 cm³/mol. The summed E-state index contributed by atoms with van der Waals surface area (Å²) in [4.78, 5) is 46.5. The van der Waals surface area contributed by atoms with Crippen LogP contribution in [0, 0.1) is 51.0 Å². The zero-order valence-electron chi connectivity index (χ0n) is 18.5. The number of nitro benzene ring substituents is 1. The third kappa shape index (κ3) is 2.64. The van der Waals surface area contributed by atoms with E-state index < -0.39 is 16.8 Å². The number of imide groups is 1. The van der Waals surface area contributed by atoms with E-state index in [9.17, 15) is 25.0 Å². The smallest absolute Gasteiger partial charge is 0.270 e. The predicted octanol–water partition coefficient (Wildman–Crippen LogP) is 3.58. The van der Waals surface area contributed by atoms with E-state index in [1.807, 2.05) is 0 Å². The third-order valence-corrected chi connectivity index (χ3v) is 9.79. The first-order valence-corrected chi connectivity index (χ1v) is 12.7. The number of nitrogens with zero attached hydrogens (tertiary/aromatic N) is 4. The Morgan fingerprint density at radius 2 is 1.91 bits per heavy atom. The number of thiophene rings is 1. The van der Waals surface area contributed by atoms with Gasteiger partial charge < -0.3 is 4.84 Å². The quantitative estimate of drug-likeness (QED) is 0.369. The summed E-state index contributed by atoms with van der Waals surface area (Å²) in [7, 11) is 0. The summed E-state index contributed by atoms with van der Waals surface area (Å²) in [5, 5.41) is 25.9. The molecular weight excluding hydrogens is 468 g/mol. The summed E-state index contributed by atoms with van der Waals surface area (Å²) in [6.07, 6.45) is 4.12. The van der Waals surface area contributed by atoms with Gasteiger partial charge in [-0.2, -0.15) is 5.26 Å². The van der Waals surface area contributed by atoms with Crippen molar-refractivity contribution in [2.24, 2.45) is 34.7 Å². The van der Waals surface area contributed by atoms with Crippen molar-refractivity contribution in [1.82, 2.24) is 0 Å². The molecule has 0 spiro atoms. The highest BCUT2D eigenvalue weighted by Crippen LogP contribution is 2.62. The summed E-state index contributed by atoms with van der Waals surface area (Å²) in [5.41, 5.74) is 2.68. The number of carbonyl (C=O) groups excluding carboxylic acids is 2. The molecule has 0 N–H and O–H groups in total. The molecule has 7 rings (SSSR count). The van der Waals surface area contributed by atoms with E-state index in [1.165, 1.54) is 28.4 Å². The lowest BCUT2D eigenvalue weighted by Crippen LogP contribution is -2.41. The minimum atomic E-state index is -0.481. The van der Waals surface area contributed by atoms with E-state index >= 15 is 0 Å². The molecule has 1 saturated heterocycles. The largest absolute Gasteiger partial charge is 0.391 e. The fraction of sp³-hybridized carbons (Fsp3) is 0.440. The molecule has 1 aromatic heterocycles. The maximum Gasteiger partial charge on any atom is 0.270 e. The summed E-state index contributed by atoms with van der Waals surface area (Å²) in [6.45, 7) is 0. The van der Waals surface area contributed by atoms with Gasteiger partial charge in [0.25, 0.3) is 5.69 Å². The second kappa shape index (κ2) is 7.21. The summed E-state index contributed by atoms with van der Waals surface area (Å²) >= 11 is 1.42. The molecule has 2 saturated carbocycles. The van der Waals surface area contributed by atoms with Crippen LogP contribution in [0.25, 0.3) is 0 Å². The van der Waals surface area contributed by atoms with Gasteiger partial charge in [0, 0.05) is 34.4 Å². The number of benzene rings is 1. The van der Waals surface area contributed by atoms with Gasteiger partial charge in [0.05, 0.1) is 28.0 Å². The van der Waals surface area contributed by atoms with Crippen LogP contribution in [-0.4, -0.2) is 28.6 Å². The summed E-state index contributed by atoms with van der Waals surface area (Å²) < 4.78 is 0. The molecule has 2 bridgehead atoms. The van der Waals surface area contributed by atoms with Crippen LogP contribution < -0.4 is 4.90 Å². The molecular formula is C25H20N4O5S. The Labute approximate surface area is 204 Å². The molecule has 9 nitrogen and oxygen atoms in total. The van der Waals surface area contributed by atoms with Crippen molar-refractivity contribution in [3.8, 4) is 6.07 Å². The highest BCUT2D eigenvalue weighted by molar-refractivity contribution is 7.17. The number of non-ortho nitro benzene ring substituents is 1. The van der Waals surface area contributed by atoms with E-state index in [0.29, 0.717) is 28.3 Å². The molecule has 0 unspecified atom stereocenters. The topological polar surface area (TPSA) is 126 Å². The lowest BCUT2D eigenvalue weighted by molar-refractivity contribution is -0.384. The van der Waals surface area contributed by atoms with Crippen LogP contribution in [0.1, 0.15) is 40.8 Å². The van der Waals surface area contributed by atoms with Crippen molar-refractivity contribution in [1.29, 1.82) is 5.26 Å². The van der Waals surface area contributed by atoms with Crippen LogP contribution >= 0.6 is 11.3 Å². The van der Waals surface area contributed by atoms with E-state index in [-0.39, 0.29) is 41.4 Å². The SMILES string of the molecule is N#Cc1c(N2C(=O)[C@@H]3[C@H]4C[C@@H]([C@H]5C(c6cccc([N+](=O)[O-])c6)=NO[C@H]45)[C@H]3C2=O)sc2c1CCCC2. The van der Waals surface area contributed by atoms with E-state index in [0.717, 1.165) is 36.1 Å². The Morgan fingerprint density at radius 3 is 2.69 bits per heavy atom. The van der Waals surface area contributed by atoms with E-state index in [1.54, 1.807) is 12.1 Å². The molecule has 2 aliphatic heterocycles. The van der Waals surface area contributed by atoms with Crippen molar-refractivity contribution in [2.45, 2.75) is 38.2 Å². The summed E-state index contributed by atoms with van der Waals surface area (Å²) in [6, 6.07) is 8.57. The van der Waals surface area contributed by atoms with Crippen LogP contribution in [0.2, 0.25) is 0 Å². The highest BCUT2D eigenvalue weighted by atomic mass is 32.1. The standard InChI is InChI=1S/C25H20N4O5S/c26-10-16-13-6-1-2-7-17(13)35-25(16)28-23(30)18-14-9-15(19(18)24(28)31)22-20(14)21(27-34-22)11-4-3-5-12(8-11)29(32)33/h3-5,8,14-15,18-20,22H,1-2,6-7,9H2/t14-,15-,18-,19-,20+,22-/m1/s1. The van der Waals surface area contributed by atoms with Crippen molar-refractivity contribution in [2.75, 3.05) is 4.90 Å². The first-order chi connectivity index (χ1) is 17.0. The fourth-order valence-electron chi connectivity index (χ4n) is 7.17. The third-order valence-electron chi connectivity index (χ3n) is 8.51. The maximum absolute atomic E-state index is 13.8. The van der Waals surface area contributed by atoms with Crippen LogP contribution in [0.15, 0.2) is 29.4 Å². The second-order valence-electron chi connectivity index (χ2n) is 10.0. The number of hydrogen-bond acceptors (Lipinski definition) is 8. The number of amides is 2. The second-order valence-corrected chi connectivity index (χ2v) is 11.1. The van der Waals surface area contributed by atoms with Crippen LogP contribution in [0.5, 0.6) is 0 Å². The molecule has 0 radical (unpaired) electrons. The van der Waals surface area contributed by atoms with Crippen molar-refractivity contribution in [3.63, 3.8) is 0 Å². The molecule has 176 valence electrons. The lowest BCUT2D eigenvalue weighted by atomic mass is 9.71. The first kappa shape index (κ1) is 20.8. The van der Waals surface area contributed by atoms with Gasteiger partial charge in [-0.05, 0) is 43.6 Å². The van der Waals surface area contributed by atoms with Crippen molar-refractivity contribution >= 4 is 39.6 Å². The summed E-state index contributed by atoms with van der Waals surface area (Å²) in [5.74, 6) is -1.87. The van der Waals surface area contributed by atoms with Gasteiger partial charge in [0.2, 0.25) is 11.8 Å². The Hall–Kier alpha value is -3.58. The fourth-order valence-corrected chi connectivity index (χ4v) is 8.52. The van der Waals surface area contributed by atoms with Crippen LogP contribution in [0.3, 0.4) is 0 Å². The number of aryl methyl sites for hydroxylation is 1. The number of fused-ring (bicyclic) bond motifs is 9. The molecule has 3 aliphatic carbocycles. The molecule has 2 amide bonds. The van der Waals surface area contributed by atoms with Gasteiger partial charge in [-0.15, -0.1) is 11.3 Å². The first-order valence-electron chi connectivity index (χ1n) is 11.9. The number of rotatable bonds is 3. The normalized spacial score (nSPS) is 32.1. The van der Waals surface area contributed by atoms with Crippen molar-refractivity contribution < 1.29 is 19.3 Å². The average molecular weight is 489 g/mol. The monoisotopic (exact) mass is 488 g/mol. The highest BCUT2D eigenvalue weighted by Gasteiger charge is 2.70. The Kier molecular flexibility index (Phi) is 4.28. The number of anilines is 1. The minimum absolute atomic E-state index is 0.0290. The van der Waals surface area contributed by atoms with Crippen LogP contribution in [0.4, 0.5) is 10.7 Å². The zero-order valence-corrected chi connectivity index (χ0v) is 19.4. The average Bonchev–Trinajstić information content (AvgIpc) is 3.65. The van der Waals surface area contributed by atoms with E-state index in [2.05, 4.69) is 11.2 Å². The number of carbonyl (C=O) groups is 2. The van der Waals surface area contributed by atoms with Gasteiger partial charge >= 0.3 is 0 Å². The van der Waals surface area contributed by atoms with Gasteiger partial charge in [0.1, 0.15) is 17.2 Å². The number of nitro groups is 1. The van der Waals surface area contributed by atoms with E-state index in [4.69, 9.17) is 4.84 Å². The van der Waals surface area contributed by atoms with Crippen LogP contribution in [-0.2, 0) is 27.3 Å². The van der Waals surface area contributed by atoms with Gasteiger partial charge in [-0.3, -0.25) is 19.7 Å². The van der Waals surface area contributed by atoms with Gasteiger partial charge in [0.15, 0.2) is 0 Å². The molecule has 35 heavy (non-hydrogen) atoms. The van der Waals surface area contributed by atoms with Gasteiger partial charge in [-0.25, -0.2) is 4.90 Å². The number of hydrogen-bond donors (Lipinski definition) is 0. The molecule has 3 fully saturated rings. The Bertz CT molecular complexity index is 1410. The molecule has 3 heterocycles. The number of nitriles is 1. The molecule has 1 aromatic carbocycles. The zero-order chi connectivity index (χ0) is 24.0. The number of oxime groups is 1. The molecule has 6 atom stereocenters. The Morgan fingerprint density at radius 1 is 1.14 bits per heavy atom. The Balaban J connectivity index is 1.24.